The highest BCUT2D eigenvalue weighted by molar-refractivity contribution is 9.10. The smallest absolute Gasteiger partial charge is 0.0467 e. The molecule has 0 radical (unpaired) electrons. The Morgan fingerprint density at radius 2 is 1.73 bits per heavy atom. The quantitative estimate of drug-likeness (QED) is 0.889. The first-order chi connectivity index (χ1) is 6.93. The molecule has 0 aromatic heterocycles. The minimum atomic E-state index is 0.155. The summed E-state index contributed by atoms with van der Waals surface area (Å²) in [5.41, 5.74) is 1.44. The fourth-order valence-corrected chi connectivity index (χ4v) is 1.81. The van der Waals surface area contributed by atoms with Gasteiger partial charge in [-0.15, -0.1) is 0 Å². The van der Waals surface area contributed by atoms with E-state index in [1.165, 1.54) is 5.56 Å². The normalized spacial score (nSPS) is 13.9. The molecule has 1 aromatic rings. The number of benzene rings is 1. The molecule has 0 aliphatic heterocycles. The molecule has 0 aliphatic rings. The summed E-state index contributed by atoms with van der Waals surface area (Å²) in [4.78, 5) is 0. The lowest BCUT2D eigenvalue weighted by atomic mass is 9.78. The van der Waals surface area contributed by atoms with Gasteiger partial charge in [0.25, 0.3) is 0 Å². The molecule has 2 heteroatoms. The van der Waals surface area contributed by atoms with E-state index >= 15 is 0 Å². The second-order valence-electron chi connectivity index (χ2n) is 5.08. The van der Waals surface area contributed by atoms with Crippen LogP contribution in [0.4, 0.5) is 0 Å². The summed E-state index contributed by atoms with van der Waals surface area (Å²) >= 11 is 3.42. The summed E-state index contributed by atoms with van der Waals surface area (Å²) in [6.07, 6.45) is 0.938. The summed E-state index contributed by atoms with van der Waals surface area (Å²) in [5, 5.41) is 9.37. The van der Waals surface area contributed by atoms with Gasteiger partial charge in [0.1, 0.15) is 0 Å². The summed E-state index contributed by atoms with van der Waals surface area (Å²) < 4.78 is 1.10. The van der Waals surface area contributed by atoms with Crippen molar-refractivity contribution in [2.45, 2.75) is 27.2 Å². The van der Waals surface area contributed by atoms with Gasteiger partial charge < -0.3 is 5.11 Å². The highest BCUT2D eigenvalue weighted by atomic mass is 79.9. The SMILES string of the molecule is CC(C)(C)C(CO)Cc1ccc(Br)cc1. The van der Waals surface area contributed by atoms with Gasteiger partial charge in [-0.2, -0.15) is 0 Å². The van der Waals surface area contributed by atoms with Crippen LogP contribution in [0.15, 0.2) is 28.7 Å². The van der Waals surface area contributed by atoms with Crippen LogP contribution in [-0.2, 0) is 6.42 Å². The minimum Gasteiger partial charge on any atom is -0.396 e. The minimum absolute atomic E-state index is 0.155. The van der Waals surface area contributed by atoms with Gasteiger partial charge in [0, 0.05) is 11.1 Å². The molecule has 0 saturated carbocycles. The Morgan fingerprint density at radius 1 is 1.20 bits per heavy atom. The van der Waals surface area contributed by atoms with Crippen molar-refractivity contribution in [3.05, 3.63) is 34.3 Å². The lowest BCUT2D eigenvalue weighted by Crippen LogP contribution is -2.25. The largest absolute Gasteiger partial charge is 0.396 e. The molecule has 1 aromatic carbocycles. The molecule has 0 saturated heterocycles. The van der Waals surface area contributed by atoms with Crippen LogP contribution < -0.4 is 0 Å². The number of hydrogen-bond acceptors (Lipinski definition) is 1. The molecule has 0 bridgehead atoms. The van der Waals surface area contributed by atoms with Gasteiger partial charge in [-0.25, -0.2) is 0 Å². The summed E-state index contributed by atoms with van der Waals surface area (Å²) in [6.45, 7) is 6.77. The number of rotatable bonds is 3. The zero-order valence-electron chi connectivity index (χ0n) is 9.63. The van der Waals surface area contributed by atoms with Crippen LogP contribution in [0.25, 0.3) is 0 Å². The Balaban J connectivity index is 2.71. The molecule has 1 rings (SSSR count). The van der Waals surface area contributed by atoms with E-state index < -0.39 is 0 Å². The van der Waals surface area contributed by atoms with Gasteiger partial charge in [-0.3, -0.25) is 0 Å². The van der Waals surface area contributed by atoms with Crippen molar-refractivity contribution < 1.29 is 5.11 Å². The van der Waals surface area contributed by atoms with Crippen LogP contribution in [0.5, 0.6) is 0 Å². The Morgan fingerprint density at radius 3 is 2.13 bits per heavy atom. The summed E-state index contributed by atoms with van der Waals surface area (Å²) in [5.74, 6) is 0.318. The van der Waals surface area contributed by atoms with Crippen LogP contribution in [0, 0.1) is 11.3 Å². The van der Waals surface area contributed by atoms with Gasteiger partial charge in [0.2, 0.25) is 0 Å². The molecule has 1 atom stereocenters. The number of hydrogen-bond donors (Lipinski definition) is 1. The first kappa shape index (κ1) is 12.7. The van der Waals surface area contributed by atoms with E-state index in [-0.39, 0.29) is 12.0 Å². The number of halogens is 1. The van der Waals surface area contributed by atoms with Crippen molar-refractivity contribution in [2.24, 2.45) is 11.3 Å². The lowest BCUT2D eigenvalue weighted by molar-refractivity contribution is 0.131. The van der Waals surface area contributed by atoms with Crippen LogP contribution in [-0.4, -0.2) is 11.7 Å². The third-order valence-corrected chi connectivity index (χ3v) is 3.37. The molecule has 84 valence electrons. The standard InChI is InChI=1S/C13H19BrO/c1-13(2,3)11(9-15)8-10-4-6-12(14)7-5-10/h4-7,11,15H,8-9H2,1-3H3. The molecular formula is C13H19BrO. The Bertz CT molecular complexity index is 297. The molecule has 1 unspecified atom stereocenters. The average molecular weight is 271 g/mol. The average Bonchev–Trinajstić information content (AvgIpc) is 2.15. The first-order valence-electron chi connectivity index (χ1n) is 5.29. The monoisotopic (exact) mass is 270 g/mol. The molecule has 0 aliphatic carbocycles. The Hall–Kier alpha value is -0.340. The lowest BCUT2D eigenvalue weighted by Gasteiger charge is -2.29. The molecule has 0 amide bonds. The molecule has 15 heavy (non-hydrogen) atoms. The molecule has 0 fully saturated rings. The van der Waals surface area contributed by atoms with E-state index in [0.29, 0.717) is 5.92 Å². The van der Waals surface area contributed by atoms with Gasteiger partial charge in [0.15, 0.2) is 0 Å². The van der Waals surface area contributed by atoms with E-state index in [1.807, 2.05) is 12.1 Å². The van der Waals surface area contributed by atoms with E-state index in [1.54, 1.807) is 0 Å². The van der Waals surface area contributed by atoms with Crippen LogP contribution in [0.3, 0.4) is 0 Å². The molecule has 1 nitrogen and oxygen atoms in total. The van der Waals surface area contributed by atoms with Crippen LogP contribution >= 0.6 is 15.9 Å². The Kier molecular flexibility index (Phi) is 4.35. The van der Waals surface area contributed by atoms with Crippen molar-refractivity contribution in [3.8, 4) is 0 Å². The summed E-state index contributed by atoms with van der Waals surface area (Å²) in [6, 6.07) is 8.32. The van der Waals surface area contributed by atoms with Gasteiger partial charge in [-0.1, -0.05) is 48.8 Å². The highest BCUT2D eigenvalue weighted by Crippen LogP contribution is 2.28. The third kappa shape index (κ3) is 3.96. The zero-order valence-corrected chi connectivity index (χ0v) is 11.2. The predicted molar refractivity (Wildman–Crippen MR) is 67.9 cm³/mol. The summed E-state index contributed by atoms with van der Waals surface area (Å²) in [7, 11) is 0. The van der Waals surface area contributed by atoms with Crippen LogP contribution in [0.2, 0.25) is 0 Å². The molecule has 1 N–H and O–H groups in total. The number of aliphatic hydroxyl groups excluding tert-OH is 1. The molecule has 0 spiro atoms. The van der Waals surface area contributed by atoms with Crippen molar-refractivity contribution in [3.63, 3.8) is 0 Å². The fraction of sp³-hybridized carbons (Fsp3) is 0.538. The second kappa shape index (κ2) is 5.13. The van der Waals surface area contributed by atoms with Gasteiger partial charge in [-0.05, 0) is 35.4 Å². The van der Waals surface area contributed by atoms with Gasteiger partial charge in [0.05, 0.1) is 0 Å². The topological polar surface area (TPSA) is 20.2 Å². The van der Waals surface area contributed by atoms with Crippen molar-refractivity contribution >= 4 is 15.9 Å². The van der Waals surface area contributed by atoms with E-state index in [9.17, 15) is 5.11 Å². The fourth-order valence-electron chi connectivity index (χ4n) is 1.55. The van der Waals surface area contributed by atoms with Crippen molar-refractivity contribution in [1.29, 1.82) is 0 Å². The first-order valence-corrected chi connectivity index (χ1v) is 6.08. The van der Waals surface area contributed by atoms with Crippen molar-refractivity contribution in [2.75, 3.05) is 6.61 Å². The van der Waals surface area contributed by atoms with E-state index in [2.05, 4.69) is 48.8 Å². The maximum atomic E-state index is 9.37. The predicted octanol–water partition coefficient (Wildman–Crippen LogP) is 3.65. The van der Waals surface area contributed by atoms with E-state index in [0.717, 1.165) is 10.9 Å². The number of aliphatic hydroxyl groups is 1. The van der Waals surface area contributed by atoms with Crippen molar-refractivity contribution in [1.82, 2.24) is 0 Å². The zero-order chi connectivity index (χ0) is 11.5. The Labute approximate surface area is 101 Å². The highest BCUT2D eigenvalue weighted by Gasteiger charge is 2.23. The second-order valence-corrected chi connectivity index (χ2v) is 5.99. The van der Waals surface area contributed by atoms with Crippen LogP contribution in [0.1, 0.15) is 26.3 Å². The van der Waals surface area contributed by atoms with E-state index in [4.69, 9.17) is 0 Å². The molecule has 0 heterocycles. The third-order valence-electron chi connectivity index (χ3n) is 2.84. The molecular weight excluding hydrogens is 252 g/mol. The van der Waals surface area contributed by atoms with Gasteiger partial charge >= 0.3 is 0 Å². The maximum absolute atomic E-state index is 9.37. The maximum Gasteiger partial charge on any atom is 0.0467 e.